The number of fused-ring (bicyclic) bond motifs is 1. The molecule has 2 aliphatic heterocycles. The molecule has 0 saturated carbocycles. The summed E-state index contributed by atoms with van der Waals surface area (Å²) in [6, 6.07) is 2.60. The van der Waals surface area contributed by atoms with E-state index >= 15 is 0 Å². The molecule has 1 atom stereocenters. The molecule has 7 nitrogen and oxygen atoms in total. The Bertz CT molecular complexity index is 747. The normalized spacial score (nSPS) is 26.0. The van der Waals surface area contributed by atoms with Crippen molar-refractivity contribution in [2.75, 3.05) is 5.73 Å². The number of carbonyl (C=O) groups is 4. The number of nitrogens with two attached hydrogens (primary N) is 1. The van der Waals surface area contributed by atoms with Gasteiger partial charge in [0.2, 0.25) is 11.8 Å². The van der Waals surface area contributed by atoms with Gasteiger partial charge >= 0.3 is 0 Å². The lowest BCUT2D eigenvalue weighted by atomic mass is 10.0. The quantitative estimate of drug-likeness (QED) is 0.538. The lowest BCUT2D eigenvalue weighted by molar-refractivity contribution is -0.136. The van der Waals surface area contributed by atoms with E-state index in [1.54, 1.807) is 0 Å². The molecular formula is C13H11N3O4. The van der Waals surface area contributed by atoms with Crippen molar-refractivity contribution in [1.29, 1.82) is 0 Å². The number of hydrogen-bond acceptors (Lipinski definition) is 5. The smallest absolute Gasteiger partial charge is 0.264 e. The van der Waals surface area contributed by atoms with Crippen LogP contribution in [-0.4, -0.2) is 34.6 Å². The van der Waals surface area contributed by atoms with E-state index in [0.717, 1.165) is 0 Å². The topological polar surface area (TPSA) is 110 Å². The largest absolute Gasteiger partial charge is 0.398 e. The van der Waals surface area contributed by atoms with Crippen molar-refractivity contribution < 1.29 is 21.9 Å². The maximum atomic E-state index is 12.4. The van der Waals surface area contributed by atoms with Crippen LogP contribution in [0.4, 0.5) is 5.69 Å². The highest BCUT2D eigenvalue weighted by atomic mass is 16.2. The van der Waals surface area contributed by atoms with E-state index in [1.807, 2.05) is 5.32 Å². The molecule has 4 amide bonds. The van der Waals surface area contributed by atoms with Crippen molar-refractivity contribution in [3.8, 4) is 0 Å². The van der Waals surface area contributed by atoms with Gasteiger partial charge in [-0.25, -0.2) is 0 Å². The highest BCUT2D eigenvalue weighted by Crippen LogP contribution is 2.30. The first kappa shape index (κ1) is 10.1. The number of nitrogens with one attached hydrogen (secondary N) is 1. The second-order valence-corrected chi connectivity index (χ2v) is 4.45. The summed E-state index contributed by atoms with van der Waals surface area (Å²) >= 11 is 0. The van der Waals surface area contributed by atoms with Gasteiger partial charge in [0, 0.05) is 14.8 Å². The minimum Gasteiger partial charge on any atom is -0.398 e. The van der Waals surface area contributed by atoms with Gasteiger partial charge in [0.1, 0.15) is 6.04 Å². The van der Waals surface area contributed by atoms with E-state index in [-0.39, 0.29) is 16.8 Å². The summed E-state index contributed by atoms with van der Waals surface area (Å²) in [6.45, 7) is 0. The zero-order valence-electron chi connectivity index (χ0n) is 12.2. The van der Waals surface area contributed by atoms with Crippen LogP contribution in [0.2, 0.25) is 0 Å². The van der Waals surface area contributed by atoms with E-state index in [0.29, 0.717) is 4.90 Å². The molecule has 3 rings (SSSR count). The summed E-state index contributed by atoms with van der Waals surface area (Å²) in [7, 11) is 0. The Kier molecular flexibility index (Phi) is 2.11. The maximum Gasteiger partial charge on any atom is 0.264 e. The number of nitrogens with zero attached hydrogens (tertiary/aromatic N) is 1. The minimum atomic E-state index is -2.35. The molecule has 3 N–H and O–H groups in total. The van der Waals surface area contributed by atoms with Crippen LogP contribution < -0.4 is 11.1 Å². The van der Waals surface area contributed by atoms with Gasteiger partial charge in [-0.2, -0.15) is 0 Å². The average molecular weight is 275 g/mol. The van der Waals surface area contributed by atoms with E-state index in [2.05, 4.69) is 0 Å². The number of carbonyl (C=O) groups excluding carboxylic acids is 4. The zero-order chi connectivity index (χ0) is 16.2. The standard InChI is InChI=1S/C13H11N3O4/c14-7-3-1-2-6-10(7)13(20)16(12(6)19)8-4-5-9(17)15-11(8)18/h1-3,8H,4-5,14H2,(H,15,17,18)/t8-/m1/s1/i4D2. The first-order valence-electron chi connectivity index (χ1n) is 6.84. The molecule has 0 bridgehead atoms. The number of imide groups is 2. The van der Waals surface area contributed by atoms with Crippen LogP contribution in [0.3, 0.4) is 0 Å². The molecule has 0 radical (unpaired) electrons. The van der Waals surface area contributed by atoms with Gasteiger partial charge in [-0.05, 0) is 18.5 Å². The Balaban J connectivity index is 2.09. The summed E-state index contributed by atoms with van der Waals surface area (Å²) in [5.74, 6) is -3.45. The molecule has 1 saturated heterocycles. The van der Waals surface area contributed by atoms with Crippen molar-refractivity contribution >= 4 is 29.3 Å². The third-order valence-corrected chi connectivity index (χ3v) is 3.20. The monoisotopic (exact) mass is 275 g/mol. The van der Waals surface area contributed by atoms with Crippen molar-refractivity contribution in [2.45, 2.75) is 18.8 Å². The molecule has 0 aliphatic carbocycles. The number of rotatable bonds is 1. The van der Waals surface area contributed by atoms with E-state index in [1.165, 1.54) is 18.2 Å². The van der Waals surface area contributed by atoms with Crippen LogP contribution in [0, 0.1) is 0 Å². The lowest BCUT2D eigenvalue weighted by Crippen LogP contribution is -2.54. The molecule has 102 valence electrons. The van der Waals surface area contributed by atoms with Crippen molar-refractivity contribution in [3.05, 3.63) is 29.3 Å². The van der Waals surface area contributed by atoms with Crippen LogP contribution in [-0.2, 0) is 9.59 Å². The first-order valence-corrected chi connectivity index (χ1v) is 5.84. The van der Waals surface area contributed by atoms with E-state index in [9.17, 15) is 19.2 Å². The minimum absolute atomic E-state index is 0.0190. The Morgan fingerprint density at radius 3 is 2.65 bits per heavy atom. The molecule has 1 aromatic rings. The van der Waals surface area contributed by atoms with E-state index in [4.69, 9.17) is 8.48 Å². The number of benzene rings is 1. The van der Waals surface area contributed by atoms with Gasteiger partial charge in [0.15, 0.2) is 0 Å². The van der Waals surface area contributed by atoms with Gasteiger partial charge in [0.05, 0.1) is 11.1 Å². The summed E-state index contributed by atoms with van der Waals surface area (Å²) in [5, 5.41) is 1.95. The molecule has 1 aromatic carbocycles. The Hall–Kier alpha value is -2.70. The third kappa shape index (κ3) is 1.59. The Morgan fingerprint density at radius 1 is 1.25 bits per heavy atom. The van der Waals surface area contributed by atoms with Crippen LogP contribution in [0.15, 0.2) is 18.2 Å². The number of piperidine rings is 1. The average Bonchev–Trinajstić information content (AvgIpc) is 2.63. The number of hydrogen-bond donors (Lipinski definition) is 2. The predicted octanol–water partition coefficient (Wildman–Crippen LogP) is -0.330. The molecule has 7 heteroatoms. The van der Waals surface area contributed by atoms with Crippen molar-refractivity contribution in [2.24, 2.45) is 0 Å². The second-order valence-electron chi connectivity index (χ2n) is 4.45. The molecule has 0 aromatic heterocycles. The molecule has 1 fully saturated rings. The van der Waals surface area contributed by atoms with Crippen molar-refractivity contribution in [3.63, 3.8) is 0 Å². The van der Waals surface area contributed by atoms with Gasteiger partial charge in [-0.15, -0.1) is 0 Å². The van der Waals surface area contributed by atoms with Crippen LogP contribution in [0.1, 0.15) is 36.3 Å². The highest BCUT2D eigenvalue weighted by Gasteiger charge is 2.45. The number of nitrogen functional groups attached to an aromatic ring is 1. The fourth-order valence-corrected chi connectivity index (χ4v) is 2.30. The van der Waals surface area contributed by atoms with E-state index < -0.39 is 42.5 Å². The van der Waals surface area contributed by atoms with Crippen molar-refractivity contribution in [1.82, 2.24) is 10.2 Å². The van der Waals surface area contributed by atoms with Gasteiger partial charge < -0.3 is 5.73 Å². The molecule has 20 heavy (non-hydrogen) atoms. The highest BCUT2D eigenvalue weighted by molar-refractivity contribution is 6.25. The second kappa shape index (κ2) is 4.16. The fraction of sp³-hybridized carbons (Fsp3) is 0.231. The van der Waals surface area contributed by atoms with Crippen LogP contribution >= 0.6 is 0 Å². The maximum absolute atomic E-state index is 12.4. The molecule has 2 aliphatic rings. The molecule has 0 spiro atoms. The summed E-state index contributed by atoms with van der Waals surface area (Å²) < 4.78 is 15.7. The first-order chi connectivity index (χ1) is 10.2. The molecule has 2 heterocycles. The molecule has 0 unspecified atom stereocenters. The van der Waals surface area contributed by atoms with Gasteiger partial charge in [0.25, 0.3) is 11.8 Å². The number of amides is 4. The predicted molar refractivity (Wildman–Crippen MR) is 67.5 cm³/mol. The van der Waals surface area contributed by atoms with Crippen LogP contribution in [0.25, 0.3) is 0 Å². The summed E-state index contributed by atoms with van der Waals surface area (Å²) in [6.07, 6.45) is -2.96. The van der Waals surface area contributed by atoms with Crippen LogP contribution in [0.5, 0.6) is 0 Å². The van der Waals surface area contributed by atoms with Gasteiger partial charge in [-0.1, -0.05) is 6.07 Å². The lowest BCUT2D eigenvalue weighted by Gasteiger charge is -2.27. The Morgan fingerprint density at radius 2 is 2.00 bits per heavy atom. The fourth-order valence-electron chi connectivity index (χ4n) is 2.30. The SMILES string of the molecule is [2H]C1([2H])CC(=O)NC(=O)[C@@H]1N1C(=O)c2cccc(N)c2C1=O. The molecular weight excluding hydrogens is 262 g/mol. The Labute approximate surface area is 116 Å². The summed E-state index contributed by atoms with van der Waals surface area (Å²) in [4.78, 5) is 48.7. The summed E-state index contributed by atoms with van der Waals surface area (Å²) in [5.41, 5.74) is 5.74. The van der Waals surface area contributed by atoms with Gasteiger partial charge in [-0.3, -0.25) is 29.4 Å². The zero-order valence-corrected chi connectivity index (χ0v) is 10.2. The number of anilines is 1. The third-order valence-electron chi connectivity index (χ3n) is 3.20.